The van der Waals surface area contributed by atoms with Gasteiger partial charge in [-0.2, -0.15) is 0 Å². The van der Waals surface area contributed by atoms with Crippen LogP contribution in [0.15, 0.2) is 11.1 Å². The van der Waals surface area contributed by atoms with Gasteiger partial charge in [-0.05, 0) is 32.6 Å². The molecule has 0 aliphatic rings. The van der Waals surface area contributed by atoms with Gasteiger partial charge in [-0.1, -0.05) is 11.8 Å². The molecule has 0 aromatic heterocycles. The Hall–Kier alpha value is -1.91. The van der Waals surface area contributed by atoms with Crippen molar-refractivity contribution in [3.63, 3.8) is 0 Å². The van der Waals surface area contributed by atoms with Gasteiger partial charge in [0.2, 0.25) is 0 Å². The molecule has 0 rings (SSSR count). The number of allylic oxidation sites excluding steroid dienone is 2. The van der Waals surface area contributed by atoms with E-state index in [1.165, 1.54) is 6.92 Å². The zero-order valence-electron chi connectivity index (χ0n) is 7.99. The van der Waals surface area contributed by atoms with Crippen molar-refractivity contribution in [2.24, 2.45) is 0 Å². The third kappa shape index (κ3) is 3.85. The topological polar surface area (TPSA) is 17.1 Å². The van der Waals surface area contributed by atoms with Crippen LogP contribution in [0.2, 0.25) is 0 Å². The lowest BCUT2D eigenvalue weighted by atomic mass is 10.1. The van der Waals surface area contributed by atoms with Crippen molar-refractivity contribution in [1.29, 1.82) is 0 Å². The molecular formula is C12H10O. The average Bonchev–Trinajstić information content (AvgIpc) is 2.09. The second kappa shape index (κ2) is 5.70. The monoisotopic (exact) mass is 170 g/mol. The maximum atomic E-state index is 11.1. The first-order chi connectivity index (χ1) is 6.13. The van der Waals surface area contributed by atoms with Crippen LogP contribution in [0.1, 0.15) is 20.8 Å². The highest BCUT2D eigenvalue weighted by Gasteiger charge is 2.02. The summed E-state index contributed by atoms with van der Waals surface area (Å²) < 4.78 is 0. The smallest absolute Gasteiger partial charge is 0.169 e. The van der Waals surface area contributed by atoms with Crippen LogP contribution >= 0.6 is 0 Å². The van der Waals surface area contributed by atoms with Crippen molar-refractivity contribution >= 4 is 5.78 Å². The molecule has 0 bridgehead atoms. The molecule has 0 aliphatic heterocycles. The number of carbonyl (C=O) groups excluding carboxylic acids is 1. The normalized spacial score (nSPS) is 9.38. The summed E-state index contributed by atoms with van der Waals surface area (Å²) in [4.78, 5) is 11.1. The summed E-state index contributed by atoms with van der Waals surface area (Å²) >= 11 is 0. The Balaban J connectivity index is 5.20. The van der Waals surface area contributed by atoms with Gasteiger partial charge in [-0.15, -0.1) is 12.3 Å². The second-order valence-corrected chi connectivity index (χ2v) is 2.33. The van der Waals surface area contributed by atoms with E-state index < -0.39 is 0 Å². The Morgan fingerprint density at radius 2 is 1.85 bits per heavy atom. The third-order valence-electron chi connectivity index (χ3n) is 1.30. The Morgan fingerprint density at radius 1 is 1.23 bits per heavy atom. The van der Waals surface area contributed by atoms with Gasteiger partial charge < -0.3 is 0 Å². The van der Waals surface area contributed by atoms with E-state index in [-0.39, 0.29) is 5.78 Å². The van der Waals surface area contributed by atoms with Crippen LogP contribution < -0.4 is 0 Å². The van der Waals surface area contributed by atoms with Gasteiger partial charge in [-0.3, -0.25) is 4.79 Å². The molecule has 0 fully saturated rings. The second-order valence-electron chi connectivity index (χ2n) is 2.33. The highest BCUT2D eigenvalue weighted by molar-refractivity contribution is 5.99. The summed E-state index contributed by atoms with van der Waals surface area (Å²) in [5.41, 5.74) is 1.06. The third-order valence-corrected chi connectivity index (χ3v) is 1.30. The first kappa shape index (κ1) is 11.1. The summed E-state index contributed by atoms with van der Waals surface area (Å²) in [5.74, 6) is 12.6. The number of rotatable bonds is 1. The standard InChI is InChI=1S/C12H10O/c1-5-7-9-10(3)12(8-6-2)11(4)13/h1H,2-4H3/b12-10+. The zero-order valence-corrected chi connectivity index (χ0v) is 7.99. The van der Waals surface area contributed by atoms with Gasteiger partial charge in [0.1, 0.15) is 0 Å². The predicted octanol–water partition coefficient (Wildman–Crippen LogP) is 1.55. The summed E-state index contributed by atoms with van der Waals surface area (Å²) in [7, 11) is 0. The van der Waals surface area contributed by atoms with E-state index in [0.717, 1.165) is 0 Å². The first-order valence-electron chi connectivity index (χ1n) is 3.74. The molecule has 64 valence electrons. The van der Waals surface area contributed by atoms with E-state index in [1.54, 1.807) is 13.8 Å². The van der Waals surface area contributed by atoms with Gasteiger partial charge in [0.15, 0.2) is 5.78 Å². The number of hydrogen-bond acceptors (Lipinski definition) is 1. The number of carbonyl (C=O) groups is 1. The van der Waals surface area contributed by atoms with Gasteiger partial charge in [0, 0.05) is 5.57 Å². The molecule has 0 aromatic carbocycles. The van der Waals surface area contributed by atoms with E-state index in [9.17, 15) is 4.79 Å². The van der Waals surface area contributed by atoms with Crippen molar-refractivity contribution < 1.29 is 4.79 Å². The summed E-state index contributed by atoms with van der Waals surface area (Å²) in [6.45, 7) is 4.86. The molecule has 0 saturated carbocycles. The lowest BCUT2D eigenvalue weighted by Gasteiger charge is -1.93. The van der Waals surface area contributed by atoms with E-state index in [4.69, 9.17) is 6.42 Å². The Morgan fingerprint density at radius 3 is 2.23 bits per heavy atom. The van der Waals surface area contributed by atoms with Crippen molar-refractivity contribution in [2.75, 3.05) is 0 Å². The molecule has 0 atom stereocenters. The lowest BCUT2D eigenvalue weighted by molar-refractivity contribution is -0.113. The minimum Gasteiger partial charge on any atom is -0.294 e. The largest absolute Gasteiger partial charge is 0.294 e. The van der Waals surface area contributed by atoms with Crippen molar-refractivity contribution in [3.05, 3.63) is 11.1 Å². The quantitative estimate of drug-likeness (QED) is 0.431. The maximum Gasteiger partial charge on any atom is 0.169 e. The molecule has 0 saturated heterocycles. The SMILES string of the molecule is C#CC#C/C(C)=C(\C#CC)C(C)=O. The highest BCUT2D eigenvalue weighted by Crippen LogP contribution is 2.02. The Labute approximate surface area is 79.2 Å². The van der Waals surface area contributed by atoms with Crippen molar-refractivity contribution in [1.82, 2.24) is 0 Å². The van der Waals surface area contributed by atoms with E-state index in [1.807, 2.05) is 0 Å². The van der Waals surface area contributed by atoms with Gasteiger partial charge in [-0.25, -0.2) is 0 Å². The minimum atomic E-state index is -0.0850. The van der Waals surface area contributed by atoms with E-state index >= 15 is 0 Å². The van der Waals surface area contributed by atoms with Gasteiger partial charge in [0.25, 0.3) is 0 Å². The number of hydrogen-bond donors (Lipinski definition) is 0. The van der Waals surface area contributed by atoms with Gasteiger partial charge >= 0.3 is 0 Å². The predicted molar refractivity (Wildman–Crippen MR) is 53.4 cm³/mol. The zero-order chi connectivity index (χ0) is 10.3. The Bertz CT molecular complexity index is 394. The average molecular weight is 170 g/mol. The molecule has 13 heavy (non-hydrogen) atoms. The summed E-state index contributed by atoms with van der Waals surface area (Å²) in [6, 6.07) is 0. The van der Waals surface area contributed by atoms with Crippen molar-refractivity contribution in [3.8, 4) is 36.0 Å². The van der Waals surface area contributed by atoms with Crippen LogP contribution in [0, 0.1) is 36.0 Å². The number of ketones is 1. The molecule has 0 aliphatic carbocycles. The fourth-order valence-corrected chi connectivity index (χ4v) is 0.763. The fourth-order valence-electron chi connectivity index (χ4n) is 0.763. The molecule has 0 radical (unpaired) electrons. The van der Waals surface area contributed by atoms with Crippen LogP contribution in [0.4, 0.5) is 0 Å². The first-order valence-corrected chi connectivity index (χ1v) is 3.74. The van der Waals surface area contributed by atoms with E-state index in [0.29, 0.717) is 11.1 Å². The minimum absolute atomic E-state index is 0.0850. The molecule has 0 aromatic rings. The van der Waals surface area contributed by atoms with Crippen LogP contribution in [0.5, 0.6) is 0 Å². The number of terminal acetylenes is 1. The Kier molecular flexibility index (Phi) is 4.87. The van der Waals surface area contributed by atoms with E-state index in [2.05, 4.69) is 29.6 Å². The van der Waals surface area contributed by atoms with Crippen LogP contribution in [0.3, 0.4) is 0 Å². The summed E-state index contributed by atoms with van der Waals surface area (Å²) in [5, 5.41) is 0. The number of Topliss-reactive ketones (excluding diaryl/α,β-unsaturated/α-hetero) is 1. The maximum absolute atomic E-state index is 11.1. The van der Waals surface area contributed by atoms with Crippen molar-refractivity contribution in [2.45, 2.75) is 20.8 Å². The lowest BCUT2D eigenvalue weighted by Crippen LogP contribution is -1.96. The molecule has 1 nitrogen and oxygen atoms in total. The molecule has 0 unspecified atom stereocenters. The molecule has 0 amide bonds. The molecule has 0 spiro atoms. The highest BCUT2D eigenvalue weighted by atomic mass is 16.1. The molecule has 1 heteroatoms. The van der Waals surface area contributed by atoms with Crippen LogP contribution in [-0.2, 0) is 4.79 Å². The summed E-state index contributed by atoms with van der Waals surface area (Å²) in [6.07, 6.45) is 4.96. The van der Waals surface area contributed by atoms with Crippen LogP contribution in [0.25, 0.3) is 0 Å². The van der Waals surface area contributed by atoms with Gasteiger partial charge in [0.05, 0.1) is 5.57 Å². The fraction of sp³-hybridized carbons (Fsp3) is 0.250. The molecule has 0 heterocycles. The van der Waals surface area contributed by atoms with Crippen LogP contribution in [-0.4, -0.2) is 5.78 Å². The molecule has 0 N–H and O–H groups in total. The molecular weight excluding hydrogens is 160 g/mol.